The van der Waals surface area contributed by atoms with Gasteiger partial charge < -0.3 is 10.1 Å². The van der Waals surface area contributed by atoms with Gasteiger partial charge in [0.25, 0.3) is 5.91 Å². The lowest BCUT2D eigenvalue weighted by molar-refractivity contribution is -0.143. The van der Waals surface area contributed by atoms with Crippen LogP contribution in [0.25, 0.3) is 0 Å². The number of nitrogens with one attached hydrogen (secondary N) is 1. The van der Waals surface area contributed by atoms with Crippen LogP contribution in [0.5, 0.6) is 0 Å². The van der Waals surface area contributed by atoms with Gasteiger partial charge in [0.2, 0.25) is 0 Å². The van der Waals surface area contributed by atoms with E-state index in [2.05, 4.69) is 12.2 Å². The molecule has 1 N–H and O–H groups in total. The van der Waals surface area contributed by atoms with Crippen LogP contribution in [0, 0.1) is 6.92 Å². The van der Waals surface area contributed by atoms with E-state index in [4.69, 9.17) is 4.74 Å². The van der Waals surface area contributed by atoms with Crippen molar-refractivity contribution in [2.45, 2.75) is 97.3 Å². The molecule has 1 amide bonds. The molecule has 0 bridgehead atoms. The number of carbonyl (C=O) groups excluding carboxylic acids is 2. The van der Waals surface area contributed by atoms with Crippen LogP contribution in [-0.4, -0.2) is 25.0 Å². The number of aryl methyl sites for hydroxylation is 1. The molecule has 0 aliphatic carbocycles. The second kappa shape index (κ2) is 17.1. The van der Waals surface area contributed by atoms with Gasteiger partial charge in [0.15, 0.2) is 0 Å². The molecule has 0 saturated heterocycles. The molecule has 0 atom stereocenters. The first-order valence-corrected chi connectivity index (χ1v) is 11.6. The molecule has 29 heavy (non-hydrogen) atoms. The van der Waals surface area contributed by atoms with Crippen molar-refractivity contribution in [2.75, 3.05) is 13.2 Å². The molecular formula is C25H41NO3. The number of rotatable bonds is 17. The van der Waals surface area contributed by atoms with Crippen LogP contribution in [0.15, 0.2) is 24.3 Å². The second-order valence-corrected chi connectivity index (χ2v) is 7.93. The quantitative estimate of drug-likeness (QED) is 0.243. The van der Waals surface area contributed by atoms with E-state index in [0.29, 0.717) is 18.7 Å². The zero-order valence-electron chi connectivity index (χ0n) is 18.6. The lowest BCUT2D eigenvalue weighted by Crippen LogP contribution is -2.27. The fraction of sp³-hybridized carbons (Fsp3) is 0.680. The number of esters is 1. The molecular weight excluding hydrogens is 362 g/mol. The molecule has 1 rings (SSSR count). The first-order chi connectivity index (χ1) is 14.1. The molecule has 0 fully saturated rings. The van der Waals surface area contributed by atoms with Crippen molar-refractivity contribution >= 4 is 11.9 Å². The predicted molar refractivity (Wildman–Crippen MR) is 120 cm³/mol. The minimum atomic E-state index is -0.238. The highest BCUT2D eigenvalue weighted by molar-refractivity contribution is 5.95. The Morgan fingerprint density at radius 3 is 1.97 bits per heavy atom. The maximum atomic E-state index is 12.1. The molecule has 164 valence electrons. The van der Waals surface area contributed by atoms with Gasteiger partial charge in [-0.1, -0.05) is 95.8 Å². The summed E-state index contributed by atoms with van der Waals surface area (Å²) in [6.07, 6.45) is 15.7. The van der Waals surface area contributed by atoms with Crippen LogP contribution in [0.3, 0.4) is 0 Å². The average Bonchev–Trinajstić information content (AvgIpc) is 2.71. The van der Waals surface area contributed by atoms with E-state index in [9.17, 15) is 9.59 Å². The summed E-state index contributed by atoms with van der Waals surface area (Å²) >= 11 is 0. The highest BCUT2D eigenvalue weighted by atomic mass is 16.5. The Bertz CT molecular complexity index is 571. The van der Waals surface area contributed by atoms with Crippen molar-refractivity contribution in [2.24, 2.45) is 0 Å². The van der Waals surface area contributed by atoms with E-state index >= 15 is 0 Å². The van der Waals surface area contributed by atoms with Gasteiger partial charge in [-0.05, 0) is 25.0 Å². The Balaban J connectivity index is 1.89. The lowest BCUT2D eigenvalue weighted by Gasteiger charge is -2.08. The highest BCUT2D eigenvalue weighted by Gasteiger charge is 2.09. The molecule has 0 spiro atoms. The van der Waals surface area contributed by atoms with Gasteiger partial charge >= 0.3 is 5.97 Å². The van der Waals surface area contributed by atoms with E-state index in [-0.39, 0.29) is 18.3 Å². The fourth-order valence-electron chi connectivity index (χ4n) is 3.40. The third-order valence-corrected chi connectivity index (χ3v) is 5.27. The number of benzene rings is 1. The first-order valence-electron chi connectivity index (χ1n) is 11.6. The van der Waals surface area contributed by atoms with Crippen LogP contribution in [-0.2, 0) is 9.53 Å². The molecule has 0 radical (unpaired) electrons. The van der Waals surface area contributed by atoms with Gasteiger partial charge in [0.1, 0.15) is 0 Å². The van der Waals surface area contributed by atoms with Gasteiger partial charge in [-0.15, -0.1) is 0 Å². The molecule has 0 unspecified atom stereocenters. The van der Waals surface area contributed by atoms with Crippen molar-refractivity contribution in [1.82, 2.24) is 5.32 Å². The third kappa shape index (κ3) is 13.1. The topological polar surface area (TPSA) is 55.4 Å². The largest absolute Gasteiger partial charge is 0.466 e. The third-order valence-electron chi connectivity index (χ3n) is 5.27. The molecule has 1 aromatic rings. The van der Waals surface area contributed by atoms with E-state index in [1.54, 1.807) is 6.07 Å². The molecule has 0 heterocycles. The Hall–Kier alpha value is -1.84. The monoisotopic (exact) mass is 403 g/mol. The fourth-order valence-corrected chi connectivity index (χ4v) is 3.40. The maximum Gasteiger partial charge on any atom is 0.307 e. The summed E-state index contributed by atoms with van der Waals surface area (Å²) in [5, 5.41) is 2.78. The van der Waals surface area contributed by atoms with E-state index in [0.717, 1.165) is 18.4 Å². The SMILES string of the molecule is CCCCCCCCCCCCCCOC(=O)CCNC(=O)c1ccccc1C. The number of carbonyl (C=O) groups is 2. The summed E-state index contributed by atoms with van der Waals surface area (Å²) in [6.45, 7) is 4.96. The van der Waals surface area contributed by atoms with Crippen LogP contribution in [0.2, 0.25) is 0 Å². The van der Waals surface area contributed by atoms with E-state index in [1.807, 2.05) is 25.1 Å². The highest BCUT2D eigenvalue weighted by Crippen LogP contribution is 2.12. The minimum absolute atomic E-state index is 0.142. The van der Waals surface area contributed by atoms with E-state index in [1.165, 1.54) is 64.2 Å². The van der Waals surface area contributed by atoms with Gasteiger partial charge in [-0.25, -0.2) is 0 Å². The molecule has 4 heteroatoms. The number of hydrogen-bond acceptors (Lipinski definition) is 3. The standard InChI is InChI=1S/C25H41NO3/c1-3-4-5-6-7-8-9-10-11-12-13-16-21-29-24(27)19-20-26-25(28)23-18-15-14-17-22(23)2/h14-15,17-18H,3-13,16,19-21H2,1-2H3,(H,26,28). The lowest BCUT2D eigenvalue weighted by atomic mass is 10.1. The molecule has 4 nitrogen and oxygen atoms in total. The van der Waals surface area contributed by atoms with Crippen molar-refractivity contribution in [3.8, 4) is 0 Å². The Labute approximate surface area is 177 Å². The second-order valence-electron chi connectivity index (χ2n) is 7.93. The Morgan fingerprint density at radius 2 is 1.38 bits per heavy atom. The zero-order valence-corrected chi connectivity index (χ0v) is 18.6. The number of ether oxygens (including phenoxy) is 1. The summed E-state index contributed by atoms with van der Waals surface area (Å²) in [7, 11) is 0. The van der Waals surface area contributed by atoms with Gasteiger partial charge in [-0.3, -0.25) is 9.59 Å². The molecule has 0 saturated carbocycles. The van der Waals surface area contributed by atoms with Gasteiger partial charge in [0.05, 0.1) is 13.0 Å². The Morgan fingerprint density at radius 1 is 0.828 bits per heavy atom. The molecule has 0 aromatic heterocycles. The van der Waals surface area contributed by atoms with Crippen LogP contribution in [0.4, 0.5) is 0 Å². The summed E-state index contributed by atoms with van der Waals surface area (Å²) in [5.41, 5.74) is 1.58. The van der Waals surface area contributed by atoms with E-state index < -0.39 is 0 Å². The summed E-state index contributed by atoms with van der Waals surface area (Å²) < 4.78 is 5.25. The minimum Gasteiger partial charge on any atom is -0.466 e. The summed E-state index contributed by atoms with van der Waals surface area (Å²) in [5.74, 6) is -0.380. The van der Waals surface area contributed by atoms with Crippen molar-refractivity contribution in [3.05, 3.63) is 35.4 Å². The predicted octanol–water partition coefficient (Wildman–Crippen LogP) is 6.36. The van der Waals surface area contributed by atoms with Crippen LogP contribution < -0.4 is 5.32 Å². The molecule has 0 aliphatic heterocycles. The van der Waals surface area contributed by atoms with Crippen molar-refractivity contribution in [1.29, 1.82) is 0 Å². The normalized spacial score (nSPS) is 10.7. The zero-order chi connectivity index (χ0) is 21.2. The van der Waals surface area contributed by atoms with Crippen molar-refractivity contribution in [3.63, 3.8) is 0 Å². The van der Waals surface area contributed by atoms with Gasteiger partial charge in [-0.2, -0.15) is 0 Å². The Kier molecular flexibility index (Phi) is 14.8. The maximum absolute atomic E-state index is 12.1. The van der Waals surface area contributed by atoms with Crippen LogP contribution in [0.1, 0.15) is 106 Å². The summed E-state index contributed by atoms with van der Waals surface area (Å²) in [4.78, 5) is 23.8. The number of amides is 1. The number of unbranched alkanes of at least 4 members (excludes halogenated alkanes) is 11. The van der Waals surface area contributed by atoms with Crippen LogP contribution >= 0.6 is 0 Å². The number of hydrogen-bond donors (Lipinski definition) is 1. The average molecular weight is 404 g/mol. The smallest absolute Gasteiger partial charge is 0.307 e. The van der Waals surface area contributed by atoms with Gasteiger partial charge in [0, 0.05) is 12.1 Å². The molecule has 1 aromatic carbocycles. The summed E-state index contributed by atoms with van der Waals surface area (Å²) in [6, 6.07) is 7.43. The first kappa shape index (κ1) is 25.2. The van der Waals surface area contributed by atoms with Crippen molar-refractivity contribution < 1.29 is 14.3 Å². The molecule has 0 aliphatic rings.